The highest BCUT2D eigenvalue weighted by Gasteiger charge is 2.24. The molecule has 1 aliphatic heterocycles. The fourth-order valence-corrected chi connectivity index (χ4v) is 4.65. The lowest BCUT2D eigenvalue weighted by Gasteiger charge is -2.26. The Morgan fingerprint density at radius 3 is 2.67 bits per heavy atom. The molecule has 208 valence electrons. The summed E-state index contributed by atoms with van der Waals surface area (Å²) in [5.41, 5.74) is 3.36. The molecule has 2 aromatic carbocycles. The standard InChI is InChI=1S/C29H30F2N6O3/c30-29(31)40-25-12-11-24(16-26(25)39-19-20-9-10-20)36(18-21-5-4-13-32-17-21)23-7-3-6-22(15-23)28-33-35-37(34-28)27-8-1-2-14-38-27/h3-7,11-13,15-17,20,27,29H,1-2,8-10,14,18-19H2. The summed E-state index contributed by atoms with van der Waals surface area (Å²) in [7, 11) is 0. The Labute approximate surface area is 230 Å². The van der Waals surface area contributed by atoms with Crippen molar-refractivity contribution in [3.8, 4) is 22.9 Å². The fourth-order valence-electron chi connectivity index (χ4n) is 4.65. The Kier molecular flexibility index (Phi) is 7.80. The van der Waals surface area contributed by atoms with Gasteiger partial charge in [0, 0.05) is 48.5 Å². The SMILES string of the molecule is FC(F)Oc1ccc(N(Cc2cccnc2)c2cccc(-c3nnn(C4CCCCO4)n3)c2)cc1OCC1CC1. The van der Waals surface area contributed by atoms with Crippen molar-refractivity contribution in [3.05, 3.63) is 72.6 Å². The number of hydrogen-bond donors (Lipinski definition) is 0. The van der Waals surface area contributed by atoms with Crippen LogP contribution in [0.15, 0.2) is 67.0 Å². The van der Waals surface area contributed by atoms with Crippen LogP contribution in [0, 0.1) is 5.92 Å². The van der Waals surface area contributed by atoms with Gasteiger partial charge in [-0.25, -0.2) is 0 Å². The number of anilines is 2. The molecule has 4 aromatic rings. The van der Waals surface area contributed by atoms with Crippen LogP contribution in [0.5, 0.6) is 11.5 Å². The summed E-state index contributed by atoms with van der Waals surface area (Å²) in [5, 5.41) is 13.1. The molecule has 0 spiro atoms. The first-order valence-corrected chi connectivity index (χ1v) is 13.5. The molecule has 1 saturated heterocycles. The number of rotatable bonds is 11. The zero-order chi connectivity index (χ0) is 27.3. The van der Waals surface area contributed by atoms with Crippen LogP contribution in [0.3, 0.4) is 0 Å². The monoisotopic (exact) mass is 548 g/mol. The molecule has 1 aliphatic carbocycles. The highest BCUT2D eigenvalue weighted by Crippen LogP contribution is 2.39. The minimum absolute atomic E-state index is 0.0141. The summed E-state index contributed by atoms with van der Waals surface area (Å²) in [6.07, 6.45) is 8.43. The second-order valence-corrected chi connectivity index (χ2v) is 10.0. The van der Waals surface area contributed by atoms with E-state index in [9.17, 15) is 8.78 Å². The third-order valence-electron chi connectivity index (χ3n) is 6.95. The first-order chi connectivity index (χ1) is 19.6. The van der Waals surface area contributed by atoms with Crippen molar-refractivity contribution in [2.45, 2.75) is 51.5 Å². The molecule has 2 aromatic heterocycles. The van der Waals surface area contributed by atoms with Crippen LogP contribution < -0.4 is 14.4 Å². The molecule has 0 bridgehead atoms. The minimum atomic E-state index is -2.95. The van der Waals surface area contributed by atoms with Gasteiger partial charge in [-0.15, -0.1) is 15.0 Å². The number of ether oxygens (including phenoxy) is 3. The van der Waals surface area contributed by atoms with Gasteiger partial charge in [0.1, 0.15) is 0 Å². The van der Waals surface area contributed by atoms with Gasteiger partial charge in [0.25, 0.3) is 0 Å². The maximum atomic E-state index is 13.1. The van der Waals surface area contributed by atoms with Crippen molar-refractivity contribution in [2.24, 2.45) is 5.92 Å². The van der Waals surface area contributed by atoms with E-state index in [1.165, 1.54) is 6.07 Å². The molecule has 2 aliphatic rings. The van der Waals surface area contributed by atoms with Crippen LogP contribution >= 0.6 is 0 Å². The molecule has 9 nitrogen and oxygen atoms in total. The molecule has 3 heterocycles. The molecule has 1 atom stereocenters. The van der Waals surface area contributed by atoms with Crippen molar-refractivity contribution in [3.63, 3.8) is 0 Å². The van der Waals surface area contributed by atoms with Crippen LogP contribution in [0.25, 0.3) is 11.4 Å². The summed E-state index contributed by atoms with van der Waals surface area (Å²) in [6, 6.07) is 16.7. The summed E-state index contributed by atoms with van der Waals surface area (Å²) in [4.78, 5) is 7.86. The normalized spacial score (nSPS) is 17.1. The number of tetrazole rings is 1. The highest BCUT2D eigenvalue weighted by atomic mass is 19.3. The van der Waals surface area contributed by atoms with Crippen LogP contribution in [0.2, 0.25) is 0 Å². The average Bonchev–Trinajstić information content (AvgIpc) is 3.69. The van der Waals surface area contributed by atoms with E-state index in [0.29, 0.717) is 31.5 Å². The van der Waals surface area contributed by atoms with E-state index >= 15 is 0 Å². The first-order valence-electron chi connectivity index (χ1n) is 13.5. The molecular formula is C29H30F2N6O3. The van der Waals surface area contributed by atoms with Gasteiger partial charge in [-0.3, -0.25) is 4.98 Å². The lowest BCUT2D eigenvalue weighted by Crippen LogP contribution is -2.20. The van der Waals surface area contributed by atoms with Crippen molar-refractivity contribution in [1.82, 2.24) is 25.2 Å². The number of halogens is 2. The molecule has 0 amide bonds. The van der Waals surface area contributed by atoms with Crippen molar-refractivity contribution in [2.75, 3.05) is 18.1 Å². The largest absolute Gasteiger partial charge is 0.489 e. The van der Waals surface area contributed by atoms with Crippen LogP contribution in [-0.2, 0) is 11.3 Å². The van der Waals surface area contributed by atoms with Crippen LogP contribution in [0.4, 0.5) is 20.2 Å². The van der Waals surface area contributed by atoms with E-state index in [-0.39, 0.29) is 17.7 Å². The second kappa shape index (κ2) is 12.0. The van der Waals surface area contributed by atoms with Crippen molar-refractivity contribution < 1.29 is 23.0 Å². The van der Waals surface area contributed by atoms with Crippen molar-refractivity contribution >= 4 is 11.4 Å². The topological polar surface area (TPSA) is 87.4 Å². The molecule has 40 heavy (non-hydrogen) atoms. The summed E-state index contributed by atoms with van der Waals surface area (Å²) >= 11 is 0. The van der Waals surface area contributed by atoms with Gasteiger partial charge in [0.2, 0.25) is 5.82 Å². The van der Waals surface area contributed by atoms with E-state index < -0.39 is 6.61 Å². The summed E-state index contributed by atoms with van der Waals surface area (Å²) in [6.45, 7) is -1.32. The Morgan fingerprint density at radius 2 is 1.90 bits per heavy atom. The maximum Gasteiger partial charge on any atom is 0.387 e. The van der Waals surface area contributed by atoms with Gasteiger partial charge in [0.05, 0.1) is 6.61 Å². The smallest absolute Gasteiger partial charge is 0.387 e. The molecular weight excluding hydrogens is 518 g/mol. The van der Waals surface area contributed by atoms with E-state index in [0.717, 1.165) is 54.6 Å². The van der Waals surface area contributed by atoms with E-state index in [4.69, 9.17) is 14.2 Å². The van der Waals surface area contributed by atoms with Gasteiger partial charge in [-0.1, -0.05) is 18.2 Å². The van der Waals surface area contributed by atoms with E-state index in [1.54, 1.807) is 29.3 Å². The molecule has 2 fully saturated rings. The van der Waals surface area contributed by atoms with Crippen molar-refractivity contribution in [1.29, 1.82) is 0 Å². The number of hydrogen-bond acceptors (Lipinski definition) is 8. The number of alkyl halides is 2. The fraction of sp³-hybridized carbons (Fsp3) is 0.379. The average molecular weight is 549 g/mol. The number of pyridine rings is 1. The second-order valence-electron chi connectivity index (χ2n) is 10.0. The van der Waals surface area contributed by atoms with Gasteiger partial charge in [-0.05, 0) is 79.1 Å². The van der Waals surface area contributed by atoms with Gasteiger partial charge < -0.3 is 19.1 Å². The Hall–Kier alpha value is -4.12. The first kappa shape index (κ1) is 26.1. The summed E-state index contributed by atoms with van der Waals surface area (Å²) in [5.74, 6) is 1.24. The number of aromatic nitrogens is 5. The lowest BCUT2D eigenvalue weighted by molar-refractivity contribution is -0.0515. The zero-order valence-electron chi connectivity index (χ0n) is 21.9. The van der Waals surface area contributed by atoms with Crippen LogP contribution in [0.1, 0.15) is 43.9 Å². The van der Waals surface area contributed by atoms with E-state index in [1.807, 2.05) is 36.4 Å². The molecule has 0 radical (unpaired) electrons. The third kappa shape index (κ3) is 6.36. The molecule has 0 N–H and O–H groups in total. The third-order valence-corrected chi connectivity index (χ3v) is 6.95. The predicted molar refractivity (Wildman–Crippen MR) is 143 cm³/mol. The van der Waals surface area contributed by atoms with Gasteiger partial charge >= 0.3 is 6.61 Å². The highest BCUT2D eigenvalue weighted by molar-refractivity contribution is 5.71. The Balaban J connectivity index is 1.33. The maximum absolute atomic E-state index is 13.1. The van der Waals surface area contributed by atoms with Gasteiger partial charge in [0.15, 0.2) is 17.7 Å². The Bertz CT molecular complexity index is 1410. The molecule has 1 unspecified atom stereocenters. The number of benzene rings is 2. The zero-order valence-corrected chi connectivity index (χ0v) is 21.9. The quantitative estimate of drug-likeness (QED) is 0.220. The van der Waals surface area contributed by atoms with E-state index in [2.05, 4.69) is 25.3 Å². The van der Waals surface area contributed by atoms with Crippen LogP contribution in [-0.4, -0.2) is 45.0 Å². The molecule has 1 saturated carbocycles. The summed E-state index contributed by atoms with van der Waals surface area (Å²) < 4.78 is 42.8. The number of nitrogens with zero attached hydrogens (tertiary/aromatic N) is 6. The Morgan fingerprint density at radius 1 is 1.00 bits per heavy atom. The molecule has 11 heteroatoms. The lowest BCUT2D eigenvalue weighted by atomic mass is 10.1. The molecule has 6 rings (SSSR count). The van der Waals surface area contributed by atoms with Gasteiger partial charge in [-0.2, -0.15) is 8.78 Å². The predicted octanol–water partition coefficient (Wildman–Crippen LogP) is 6.16. The minimum Gasteiger partial charge on any atom is -0.489 e.